The monoisotopic (exact) mass is 391 g/mol. The number of likely N-dealkylation sites (tertiary alicyclic amines) is 1. The van der Waals surface area contributed by atoms with Gasteiger partial charge >= 0.3 is 0 Å². The summed E-state index contributed by atoms with van der Waals surface area (Å²) in [6.07, 6.45) is 5.81. The fourth-order valence-electron chi connectivity index (χ4n) is 5.09. The molecule has 0 radical (unpaired) electrons. The predicted molar refractivity (Wildman–Crippen MR) is 109 cm³/mol. The van der Waals surface area contributed by atoms with E-state index >= 15 is 0 Å². The molecule has 1 spiro atoms. The number of nitrogens with two attached hydrogens (primary N) is 1. The lowest BCUT2D eigenvalue weighted by Crippen LogP contribution is -2.50. The van der Waals surface area contributed by atoms with Crippen LogP contribution in [0, 0.1) is 5.92 Å². The Kier molecular flexibility index (Phi) is 5.82. The molecule has 2 fully saturated rings. The third-order valence-electron chi connectivity index (χ3n) is 6.76. The van der Waals surface area contributed by atoms with E-state index < -0.39 is 5.41 Å². The van der Waals surface area contributed by atoms with Gasteiger partial charge in [0.2, 0.25) is 11.8 Å². The summed E-state index contributed by atoms with van der Waals surface area (Å²) in [5.41, 5.74) is 7.86. The normalized spacial score (nSPS) is 26.7. The standard InChI is InChI=1S/C21H29N3O2.ClH/c1-15(25)23-12-10-21(11-13-23)18-4-2-3-5-19(18)24(20(21)26)14-16-6-8-17(22)9-7-16;/h2-5,16-17H,6-14,22H2,1H3;1H/t16-,17-;. The Morgan fingerprint density at radius 1 is 1.15 bits per heavy atom. The van der Waals surface area contributed by atoms with Gasteiger partial charge in [-0.05, 0) is 56.1 Å². The van der Waals surface area contributed by atoms with E-state index in [1.54, 1.807) is 6.92 Å². The number of para-hydroxylation sites is 1. The highest BCUT2D eigenvalue weighted by atomic mass is 35.5. The molecule has 0 unspecified atom stereocenters. The maximum Gasteiger partial charge on any atom is 0.237 e. The Labute approximate surface area is 167 Å². The van der Waals surface area contributed by atoms with Crippen molar-refractivity contribution in [3.8, 4) is 0 Å². The number of hydrogen-bond acceptors (Lipinski definition) is 3. The molecule has 1 aromatic rings. The van der Waals surface area contributed by atoms with Crippen molar-refractivity contribution in [1.29, 1.82) is 0 Å². The lowest BCUT2D eigenvalue weighted by molar-refractivity contribution is -0.133. The highest BCUT2D eigenvalue weighted by Gasteiger charge is 2.52. The summed E-state index contributed by atoms with van der Waals surface area (Å²) in [4.78, 5) is 29.2. The third-order valence-corrected chi connectivity index (χ3v) is 6.76. The first-order valence-corrected chi connectivity index (χ1v) is 9.94. The van der Waals surface area contributed by atoms with Crippen molar-refractivity contribution >= 4 is 29.9 Å². The van der Waals surface area contributed by atoms with Crippen LogP contribution in [0.25, 0.3) is 0 Å². The van der Waals surface area contributed by atoms with E-state index in [0.29, 0.717) is 25.0 Å². The molecule has 5 nitrogen and oxygen atoms in total. The smallest absolute Gasteiger partial charge is 0.237 e. The van der Waals surface area contributed by atoms with Gasteiger partial charge in [-0.15, -0.1) is 12.4 Å². The summed E-state index contributed by atoms with van der Waals surface area (Å²) < 4.78 is 0. The summed E-state index contributed by atoms with van der Waals surface area (Å²) >= 11 is 0. The van der Waals surface area contributed by atoms with E-state index in [1.807, 2.05) is 21.9 Å². The van der Waals surface area contributed by atoms with Crippen molar-refractivity contribution in [2.45, 2.75) is 56.9 Å². The van der Waals surface area contributed by atoms with Gasteiger partial charge in [-0.1, -0.05) is 18.2 Å². The number of hydrogen-bond donors (Lipinski definition) is 1. The third kappa shape index (κ3) is 3.47. The van der Waals surface area contributed by atoms with Crippen LogP contribution in [-0.2, 0) is 15.0 Å². The number of carbonyl (C=O) groups is 2. The fraction of sp³-hybridized carbons (Fsp3) is 0.619. The van der Waals surface area contributed by atoms with Gasteiger partial charge < -0.3 is 15.5 Å². The van der Waals surface area contributed by atoms with Crippen molar-refractivity contribution in [2.75, 3.05) is 24.5 Å². The van der Waals surface area contributed by atoms with Gasteiger partial charge in [-0.3, -0.25) is 9.59 Å². The van der Waals surface area contributed by atoms with Gasteiger partial charge in [-0.25, -0.2) is 0 Å². The minimum absolute atomic E-state index is 0. The molecule has 0 aromatic heterocycles. The molecule has 4 rings (SSSR count). The van der Waals surface area contributed by atoms with Crippen molar-refractivity contribution in [3.05, 3.63) is 29.8 Å². The Morgan fingerprint density at radius 3 is 2.41 bits per heavy atom. The second kappa shape index (κ2) is 7.80. The molecule has 1 saturated carbocycles. The van der Waals surface area contributed by atoms with Crippen LogP contribution >= 0.6 is 12.4 Å². The first-order valence-electron chi connectivity index (χ1n) is 9.94. The van der Waals surface area contributed by atoms with E-state index in [1.165, 1.54) is 5.56 Å². The van der Waals surface area contributed by atoms with Crippen LogP contribution < -0.4 is 10.6 Å². The number of nitrogens with zero attached hydrogens (tertiary/aromatic N) is 2. The highest BCUT2D eigenvalue weighted by molar-refractivity contribution is 6.08. The SMILES string of the molecule is CC(=O)N1CCC2(CC1)C(=O)N(C[C@H]1CC[C@H](N)CC1)c1ccccc12.Cl. The fourth-order valence-corrected chi connectivity index (χ4v) is 5.09. The zero-order chi connectivity index (χ0) is 18.3. The molecule has 2 heterocycles. The minimum atomic E-state index is -0.437. The van der Waals surface area contributed by atoms with E-state index in [4.69, 9.17) is 5.73 Å². The first-order chi connectivity index (χ1) is 12.5. The van der Waals surface area contributed by atoms with Crippen LogP contribution in [0.3, 0.4) is 0 Å². The van der Waals surface area contributed by atoms with Gasteiger partial charge in [0.25, 0.3) is 0 Å². The Bertz CT molecular complexity index is 707. The first kappa shape index (κ1) is 20.2. The average molecular weight is 392 g/mol. The van der Waals surface area contributed by atoms with Gasteiger partial charge in [0.15, 0.2) is 0 Å². The van der Waals surface area contributed by atoms with Crippen LogP contribution in [0.4, 0.5) is 5.69 Å². The summed E-state index contributed by atoms with van der Waals surface area (Å²) in [5.74, 6) is 0.894. The number of anilines is 1. The van der Waals surface area contributed by atoms with Crippen LogP contribution in [0.5, 0.6) is 0 Å². The summed E-state index contributed by atoms with van der Waals surface area (Å²) in [6.45, 7) is 3.76. The molecule has 1 aromatic carbocycles. The van der Waals surface area contributed by atoms with Gasteiger partial charge in [0, 0.05) is 38.3 Å². The maximum atomic E-state index is 13.6. The van der Waals surface area contributed by atoms with Gasteiger partial charge in [0.1, 0.15) is 0 Å². The topological polar surface area (TPSA) is 66.6 Å². The van der Waals surface area contributed by atoms with Crippen molar-refractivity contribution < 1.29 is 9.59 Å². The van der Waals surface area contributed by atoms with Gasteiger partial charge in [0.05, 0.1) is 5.41 Å². The van der Waals surface area contributed by atoms with E-state index in [2.05, 4.69) is 12.1 Å². The largest absolute Gasteiger partial charge is 0.343 e. The molecule has 6 heteroatoms. The Hall–Kier alpha value is -1.59. The van der Waals surface area contributed by atoms with Crippen molar-refractivity contribution in [3.63, 3.8) is 0 Å². The molecule has 2 amide bonds. The van der Waals surface area contributed by atoms with Crippen molar-refractivity contribution in [1.82, 2.24) is 4.90 Å². The van der Waals surface area contributed by atoms with Gasteiger partial charge in [-0.2, -0.15) is 0 Å². The molecule has 3 aliphatic rings. The second-order valence-corrected chi connectivity index (χ2v) is 8.30. The maximum absolute atomic E-state index is 13.6. The molecule has 2 aliphatic heterocycles. The summed E-state index contributed by atoms with van der Waals surface area (Å²) in [7, 11) is 0. The molecule has 2 N–H and O–H groups in total. The molecule has 0 bridgehead atoms. The number of carbonyl (C=O) groups excluding carboxylic acids is 2. The lowest BCUT2D eigenvalue weighted by Gasteiger charge is -2.38. The van der Waals surface area contributed by atoms with E-state index in [-0.39, 0.29) is 24.2 Å². The highest BCUT2D eigenvalue weighted by Crippen LogP contribution is 2.48. The number of fused-ring (bicyclic) bond motifs is 2. The molecule has 27 heavy (non-hydrogen) atoms. The van der Waals surface area contributed by atoms with E-state index in [0.717, 1.165) is 50.8 Å². The molecule has 148 valence electrons. The number of benzene rings is 1. The van der Waals surface area contributed by atoms with Crippen molar-refractivity contribution in [2.24, 2.45) is 11.7 Å². The molecule has 0 atom stereocenters. The van der Waals surface area contributed by atoms with Crippen LogP contribution in [-0.4, -0.2) is 42.4 Å². The quantitative estimate of drug-likeness (QED) is 0.842. The molecular weight excluding hydrogens is 362 g/mol. The summed E-state index contributed by atoms with van der Waals surface area (Å²) in [5, 5.41) is 0. The Balaban J connectivity index is 0.00000210. The zero-order valence-electron chi connectivity index (χ0n) is 16.0. The number of rotatable bonds is 2. The molecule has 1 saturated heterocycles. The zero-order valence-corrected chi connectivity index (χ0v) is 16.8. The van der Waals surface area contributed by atoms with Crippen LogP contribution in [0.15, 0.2) is 24.3 Å². The number of halogens is 1. The molecule has 1 aliphatic carbocycles. The predicted octanol–water partition coefficient (Wildman–Crippen LogP) is 2.85. The number of piperidine rings is 1. The van der Waals surface area contributed by atoms with Crippen LogP contribution in [0.1, 0.15) is 51.0 Å². The summed E-state index contributed by atoms with van der Waals surface area (Å²) in [6, 6.07) is 8.60. The average Bonchev–Trinajstić information content (AvgIpc) is 2.87. The van der Waals surface area contributed by atoms with Crippen LogP contribution in [0.2, 0.25) is 0 Å². The lowest BCUT2D eigenvalue weighted by atomic mass is 9.73. The Morgan fingerprint density at radius 2 is 1.78 bits per heavy atom. The second-order valence-electron chi connectivity index (χ2n) is 8.30. The minimum Gasteiger partial charge on any atom is -0.343 e. The number of amides is 2. The molecular formula is C21H30ClN3O2. The van der Waals surface area contributed by atoms with E-state index in [9.17, 15) is 9.59 Å².